The third kappa shape index (κ3) is 6.10. The Morgan fingerprint density at radius 3 is 2.16 bits per heavy atom. The summed E-state index contributed by atoms with van der Waals surface area (Å²) in [6.45, 7) is 0. The van der Waals surface area contributed by atoms with E-state index in [0.717, 1.165) is 11.1 Å². The molecule has 218 valence electrons. The summed E-state index contributed by atoms with van der Waals surface area (Å²) in [4.78, 5) is 31.2. The Morgan fingerprint density at radius 1 is 0.814 bits per heavy atom. The summed E-state index contributed by atoms with van der Waals surface area (Å²) in [6, 6.07) is 26.9. The van der Waals surface area contributed by atoms with E-state index in [4.69, 9.17) is 30.5 Å². The molecule has 8 nitrogen and oxygen atoms in total. The van der Waals surface area contributed by atoms with E-state index in [1.54, 1.807) is 60.8 Å². The second-order valence-electron chi connectivity index (χ2n) is 9.59. The van der Waals surface area contributed by atoms with Crippen molar-refractivity contribution >= 4 is 35.4 Å². The van der Waals surface area contributed by atoms with Crippen LogP contribution in [0.4, 0.5) is 5.69 Å². The second-order valence-corrected chi connectivity index (χ2v) is 10.0. The van der Waals surface area contributed by atoms with Crippen LogP contribution < -0.4 is 19.5 Å². The van der Waals surface area contributed by atoms with Gasteiger partial charge in [0.2, 0.25) is 0 Å². The molecule has 0 bridgehead atoms. The molecule has 1 amide bonds. The van der Waals surface area contributed by atoms with Crippen molar-refractivity contribution in [3.8, 4) is 17.2 Å². The molecule has 1 aliphatic rings. The normalized spacial score (nSPS) is 15.9. The molecule has 1 N–H and O–H groups in total. The summed E-state index contributed by atoms with van der Waals surface area (Å²) in [6.07, 6.45) is 4.41. The van der Waals surface area contributed by atoms with Gasteiger partial charge in [-0.1, -0.05) is 60.1 Å². The van der Waals surface area contributed by atoms with Gasteiger partial charge >= 0.3 is 5.97 Å². The number of esters is 1. The molecular weight excluding hydrogens is 568 g/mol. The van der Waals surface area contributed by atoms with Gasteiger partial charge in [0.25, 0.3) is 5.91 Å². The maximum Gasteiger partial charge on any atom is 0.341 e. The summed E-state index contributed by atoms with van der Waals surface area (Å²) in [7, 11) is 4.35. The van der Waals surface area contributed by atoms with Crippen LogP contribution in [0.15, 0.2) is 108 Å². The van der Waals surface area contributed by atoms with Gasteiger partial charge in [-0.2, -0.15) is 0 Å². The quantitative estimate of drug-likeness (QED) is 0.203. The number of ether oxygens (including phenoxy) is 4. The maximum absolute atomic E-state index is 13.8. The molecule has 43 heavy (non-hydrogen) atoms. The van der Waals surface area contributed by atoms with E-state index in [-0.39, 0.29) is 11.3 Å². The highest BCUT2D eigenvalue weighted by molar-refractivity contribution is 6.30. The minimum Gasteiger partial charge on any atom is -0.493 e. The molecule has 0 aliphatic carbocycles. The Kier molecular flexibility index (Phi) is 8.78. The Labute approximate surface area is 254 Å². The number of rotatable bonds is 10. The van der Waals surface area contributed by atoms with E-state index in [1.807, 2.05) is 42.5 Å². The van der Waals surface area contributed by atoms with Crippen LogP contribution in [0.2, 0.25) is 5.02 Å². The second kappa shape index (κ2) is 12.8. The lowest BCUT2D eigenvalue weighted by atomic mass is 9.89. The van der Waals surface area contributed by atoms with E-state index in [1.165, 1.54) is 27.4 Å². The van der Waals surface area contributed by atoms with Gasteiger partial charge in [0.1, 0.15) is 17.4 Å². The molecule has 5 rings (SSSR count). The van der Waals surface area contributed by atoms with Crippen LogP contribution in [0.1, 0.15) is 33.2 Å². The third-order valence-electron chi connectivity index (χ3n) is 7.03. The number of amides is 1. The molecule has 4 aromatic rings. The Balaban J connectivity index is 1.48. The van der Waals surface area contributed by atoms with Gasteiger partial charge in [0.05, 0.1) is 21.3 Å². The lowest BCUT2D eigenvalue weighted by Gasteiger charge is -2.25. The van der Waals surface area contributed by atoms with Crippen LogP contribution in [0.3, 0.4) is 0 Å². The molecule has 2 unspecified atom stereocenters. The van der Waals surface area contributed by atoms with Crippen LogP contribution >= 0.6 is 11.6 Å². The largest absolute Gasteiger partial charge is 0.493 e. The number of anilines is 1. The number of carbonyl (C=O) groups excluding carboxylic acids is 2. The van der Waals surface area contributed by atoms with Gasteiger partial charge in [-0.05, 0) is 71.3 Å². The van der Waals surface area contributed by atoms with Crippen LogP contribution in [0.5, 0.6) is 17.2 Å². The molecular formula is C34H29ClN2O6. The van der Waals surface area contributed by atoms with Crippen molar-refractivity contribution < 1.29 is 28.5 Å². The van der Waals surface area contributed by atoms with Gasteiger partial charge in [-0.3, -0.25) is 9.79 Å². The molecule has 0 saturated heterocycles. The fraction of sp³-hybridized carbons (Fsp3) is 0.147. The molecule has 0 spiro atoms. The Hall–Kier alpha value is -5.08. The first-order valence-corrected chi connectivity index (χ1v) is 13.7. The molecule has 0 saturated carbocycles. The maximum atomic E-state index is 13.8. The Morgan fingerprint density at radius 2 is 1.51 bits per heavy atom. The first-order chi connectivity index (χ1) is 20.9. The summed E-state index contributed by atoms with van der Waals surface area (Å²) >= 11 is 6.13. The zero-order chi connectivity index (χ0) is 30.4. The highest BCUT2D eigenvalue weighted by Crippen LogP contribution is 2.38. The van der Waals surface area contributed by atoms with E-state index < -0.39 is 23.5 Å². The van der Waals surface area contributed by atoms with Crippen LogP contribution in [0, 0.1) is 0 Å². The number of carbonyl (C=O) groups is 2. The predicted molar refractivity (Wildman–Crippen MR) is 166 cm³/mol. The van der Waals surface area contributed by atoms with Crippen molar-refractivity contribution in [2.24, 2.45) is 4.99 Å². The number of nitrogens with zero attached hydrogens (tertiary/aromatic N) is 1. The zero-order valence-corrected chi connectivity index (χ0v) is 24.5. The molecule has 0 radical (unpaired) electrons. The smallest absolute Gasteiger partial charge is 0.341 e. The number of hydrogen-bond acceptors (Lipinski definition) is 7. The average Bonchev–Trinajstić information content (AvgIpc) is 3.56. The summed E-state index contributed by atoms with van der Waals surface area (Å²) < 4.78 is 22.3. The number of allylic oxidation sites excluding steroid dienone is 1. The number of benzene rings is 4. The van der Waals surface area contributed by atoms with Crippen molar-refractivity contribution in [3.05, 3.63) is 130 Å². The fourth-order valence-electron chi connectivity index (χ4n) is 4.82. The van der Waals surface area contributed by atoms with E-state index in [2.05, 4.69) is 10.3 Å². The van der Waals surface area contributed by atoms with Gasteiger partial charge in [0, 0.05) is 16.9 Å². The van der Waals surface area contributed by atoms with Gasteiger partial charge < -0.3 is 24.3 Å². The Bertz CT molecular complexity index is 1670. The minimum atomic E-state index is -1.35. The fourth-order valence-corrected chi connectivity index (χ4v) is 4.95. The number of nitrogens with one attached hydrogen (secondary N) is 1. The van der Waals surface area contributed by atoms with Crippen LogP contribution in [0.25, 0.3) is 0 Å². The summed E-state index contributed by atoms with van der Waals surface area (Å²) in [5.74, 6) is 0.214. The molecule has 1 aliphatic heterocycles. The van der Waals surface area contributed by atoms with E-state index in [9.17, 15) is 9.59 Å². The topological polar surface area (TPSA) is 95.5 Å². The van der Waals surface area contributed by atoms with Gasteiger partial charge in [-0.25, -0.2) is 4.79 Å². The molecule has 4 aromatic carbocycles. The zero-order valence-electron chi connectivity index (χ0n) is 23.7. The first-order valence-electron chi connectivity index (χ1n) is 13.3. The lowest BCUT2D eigenvalue weighted by molar-refractivity contribution is -0.119. The van der Waals surface area contributed by atoms with Gasteiger partial charge in [0.15, 0.2) is 17.0 Å². The standard InChI is InChI=1S/C34H29ClN2O6/c1-40-29-16-12-24(20-30(29)41-2)34(18-7-19-36-34)33(39)37-26-15-17-28(27(21-26)32(38)42-3)43-31(22-8-5-4-6-9-22)23-10-13-25(35)14-11-23/h4-21,31H,1-3H3,(H,37,39). The monoisotopic (exact) mass is 596 g/mol. The third-order valence-corrected chi connectivity index (χ3v) is 7.29. The van der Waals surface area contributed by atoms with Crippen molar-refractivity contribution in [2.75, 3.05) is 26.6 Å². The number of hydrogen-bond donors (Lipinski definition) is 1. The molecule has 0 aromatic heterocycles. The number of methoxy groups -OCH3 is 3. The summed E-state index contributed by atoms with van der Waals surface area (Å²) in [5.41, 5.74) is 1.44. The van der Waals surface area contributed by atoms with Crippen molar-refractivity contribution in [3.63, 3.8) is 0 Å². The molecule has 9 heteroatoms. The first kappa shape index (κ1) is 29.4. The van der Waals surface area contributed by atoms with Gasteiger partial charge in [-0.15, -0.1) is 0 Å². The minimum absolute atomic E-state index is 0.140. The van der Waals surface area contributed by atoms with Crippen molar-refractivity contribution in [1.29, 1.82) is 0 Å². The van der Waals surface area contributed by atoms with Crippen molar-refractivity contribution in [1.82, 2.24) is 0 Å². The average molecular weight is 597 g/mol. The number of halogens is 1. The van der Waals surface area contributed by atoms with E-state index in [0.29, 0.717) is 27.8 Å². The lowest BCUT2D eigenvalue weighted by Crippen LogP contribution is -2.36. The highest BCUT2D eigenvalue weighted by Gasteiger charge is 2.39. The van der Waals surface area contributed by atoms with Crippen molar-refractivity contribution in [2.45, 2.75) is 11.6 Å². The SMILES string of the molecule is COC(=O)c1cc(NC(=O)C2(c3ccc(OC)c(OC)c3)C=CC=N2)ccc1OC(c1ccccc1)c1ccc(Cl)cc1. The predicted octanol–water partition coefficient (Wildman–Crippen LogP) is 6.79. The van der Waals surface area contributed by atoms with E-state index >= 15 is 0 Å². The van der Waals surface area contributed by atoms with Crippen LogP contribution in [-0.2, 0) is 15.1 Å². The summed E-state index contributed by atoms with van der Waals surface area (Å²) in [5, 5.41) is 3.50. The molecule has 2 atom stereocenters. The molecule has 1 heterocycles. The number of aliphatic imine (C=N–C) groups is 1. The van der Waals surface area contributed by atoms with Crippen LogP contribution in [-0.4, -0.2) is 39.4 Å². The highest BCUT2D eigenvalue weighted by atomic mass is 35.5. The molecule has 0 fully saturated rings.